The summed E-state index contributed by atoms with van der Waals surface area (Å²) in [6, 6.07) is 17.1. The van der Waals surface area contributed by atoms with Crippen LogP contribution < -0.4 is 11.5 Å². The molecule has 1 aromatic carbocycles. The Morgan fingerprint density at radius 3 is 2.57 bits per heavy atom. The van der Waals surface area contributed by atoms with Crippen molar-refractivity contribution < 1.29 is 0 Å². The third-order valence-electron chi connectivity index (χ3n) is 3.58. The molecule has 3 aromatic heterocycles. The summed E-state index contributed by atoms with van der Waals surface area (Å²) >= 11 is 0. The van der Waals surface area contributed by atoms with Gasteiger partial charge in [0.2, 0.25) is 5.82 Å². The molecule has 0 bridgehead atoms. The molecule has 0 aliphatic rings. The molecule has 4 N–H and O–H groups in total. The number of nitrogens with two attached hydrogens (primary N) is 2. The third kappa shape index (κ3) is 2.36. The van der Waals surface area contributed by atoms with Crippen LogP contribution in [0.5, 0.6) is 0 Å². The van der Waals surface area contributed by atoms with Crippen LogP contribution in [0.4, 0.5) is 11.5 Å². The highest BCUT2D eigenvalue weighted by Crippen LogP contribution is 2.26. The van der Waals surface area contributed by atoms with Crippen LogP contribution >= 0.6 is 0 Å². The predicted molar refractivity (Wildman–Crippen MR) is 90.5 cm³/mol. The average molecular weight is 302 g/mol. The van der Waals surface area contributed by atoms with Gasteiger partial charge in [0.15, 0.2) is 5.65 Å². The number of nitrogen functional groups attached to an aromatic ring is 2. The summed E-state index contributed by atoms with van der Waals surface area (Å²) in [6.07, 6.45) is 1.71. The van der Waals surface area contributed by atoms with Crippen LogP contribution in [0.15, 0.2) is 60.8 Å². The van der Waals surface area contributed by atoms with E-state index >= 15 is 0 Å². The first-order valence-electron chi connectivity index (χ1n) is 7.14. The van der Waals surface area contributed by atoms with Crippen LogP contribution in [0.2, 0.25) is 0 Å². The van der Waals surface area contributed by atoms with Crippen molar-refractivity contribution in [1.82, 2.24) is 19.6 Å². The van der Waals surface area contributed by atoms with E-state index in [1.165, 1.54) is 0 Å². The highest BCUT2D eigenvalue weighted by Gasteiger charge is 2.11. The van der Waals surface area contributed by atoms with E-state index in [2.05, 4.69) is 15.1 Å². The van der Waals surface area contributed by atoms with E-state index in [-0.39, 0.29) is 0 Å². The molecule has 0 unspecified atom stereocenters. The van der Waals surface area contributed by atoms with E-state index in [0.29, 0.717) is 28.7 Å². The van der Waals surface area contributed by atoms with E-state index in [4.69, 9.17) is 11.5 Å². The van der Waals surface area contributed by atoms with Crippen LogP contribution in [-0.2, 0) is 0 Å². The van der Waals surface area contributed by atoms with Crippen molar-refractivity contribution >= 4 is 17.2 Å². The molecule has 6 nitrogen and oxygen atoms in total. The van der Waals surface area contributed by atoms with E-state index in [9.17, 15) is 0 Å². The summed E-state index contributed by atoms with van der Waals surface area (Å²) in [7, 11) is 0. The van der Waals surface area contributed by atoms with Crippen LogP contribution in [-0.4, -0.2) is 19.6 Å². The first kappa shape index (κ1) is 13.3. The summed E-state index contributed by atoms with van der Waals surface area (Å²) in [5, 5.41) is 4.43. The number of anilines is 2. The van der Waals surface area contributed by atoms with Crippen LogP contribution in [0.1, 0.15) is 0 Å². The lowest BCUT2D eigenvalue weighted by Gasteiger charge is -2.05. The number of hydrogen-bond donors (Lipinski definition) is 2. The molecule has 4 aromatic rings. The van der Waals surface area contributed by atoms with E-state index in [1.807, 2.05) is 54.6 Å². The Labute approximate surface area is 132 Å². The summed E-state index contributed by atoms with van der Waals surface area (Å²) < 4.78 is 1.61. The van der Waals surface area contributed by atoms with Gasteiger partial charge in [0.1, 0.15) is 11.5 Å². The normalized spacial score (nSPS) is 11.0. The zero-order valence-corrected chi connectivity index (χ0v) is 12.2. The predicted octanol–water partition coefficient (Wildman–Crippen LogP) is 2.62. The molecule has 0 atom stereocenters. The van der Waals surface area contributed by atoms with Gasteiger partial charge in [-0.25, -0.2) is 4.98 Å². The average Bonchev–Trinajstić information content (AvgIpc) is 3.00. The largest absolute Gasteiger partial charge is 0.399 e. The Morgan fingerprint density at radius 1 is 0.870 bits per heavy atom. The van der Waals surface area contributed by atoms with Gasteiger partial charge in [0.25, 0.3) is 0 Å². The molecule has 0 amide bonds. The third-order valence-corrected chi connectivity index (χ3v) is 3.58. The maximum absolute atomic E-state index is 6.13. The van der Waals surface area contributed by atoms with Crippen LogP contribution in [0, 0.1) is 0 Å². The molecule has 3 heterocycles. The Balaban J connectivity index is 1.88. The van der Waals surface area contributed by atoms with Crippen molar-refractivity contribution in [2.75, 3.05) is 11.5 Å². The molecule has 0 saturated carbocycles. The minimum absolute atomic E-state index is 0.509. The van der Waals surface area contributed by atoms with E-state index < -0.39 is 0 Å². The van der Waals surface area contributed by atoms with Crippen LogP contribution in [0.25, 0.3) is 28.3 Å². The Hall–Kier alpha value is -3.41. The summed E-state index contributed by atoms with van der Waals surface area (Å²) in [5.74, 6) is 1.05. The molecule has 0 radical (unpaired) electrons. The summed E-state index contributed by atoms with van der Waals surface area (Å²) in [6.45, 7) is 0. The molecule has 0 aliphatic carbocycles. The molecule has 112 valence electrons. The lowest BCUT2D eigenvalue weighted by molar-refractivity contribution is 0.975. The zero-order chi connectivity index (χ0) is 15.8. The topological polar surface area (TPSA) is 95.1 Å². The summed E-state index contributed by atoms with van der Waals surface area (Å²) in [4.78, 5) is 8.80. The van der Waals surface area contributed by atoms with Gasteiger partial charge >= 0.3 is 0 Å². The number of nitrogens with zero attached hydrogens (tertiary/aromatic N) is 4. The lowest BCUT2D eigenvalue weighted by Crippen LogP contribution is -1.99. The molecular formula is C17H14N6. The van der Waals surface area contributed by atoms with Gasteiger partial charge in [-0.05, 0) is 47.5 Å². The van der Waals surface area contributed by atoms with Gasteiger partial charge in [-0.15, -0.1) is 5.10 Å². The van der Waals surface area contributed by atoms with Gasteiger partial charge in [0.05, 0.1) is 0 Å². The first-order chi connectivity index (χ1) is 11.2. The lowest BCUT2D eigenvalue weighted by atomic mass is 10.1. The fraction of sp³-hybridized carbons (Fsp3) is 0. The molecular weight excluding hydrogens is 288 g/mol. The van der Waals surface area contributed by atoms with E-state index in [0.717, 1.165) is 11.1 Å². The standard InChI is InChI=1S/C17H14N6/c18-13-5-3-4-11(8-13)12-9-15(19)23-16(10-12)21-17(22-23)14-6-1-2-7-20-14/h1-10H,18-19H2. The summed E-state index contributed by atoms with van der Waals surface area (Å²) in [5.41, 5.74) is 16.0. The second-order valence-corrected chi connectivity index (χ2v) is 5.21. The fourth-order valence-electron chi connectivity index (χ4n) is 2.50. The molecule has 0 spiro atoms. The smallest absolute Gasteiger partial charge is 0.200 e. The van der Waals surface area contributed by atoms with Crippen molar-refractivity contribution in [2.24, 2.45) is 0 Å². The second-order valence-electron chi connectivity index (χ2n) is 5.21. The fourth-order valence-corrected chi connectivity index (χ4v) is 2.50. The number of pyridine rings is 2. The van der Waals surface area contributed by atoms with Crippen molar-refractivity contribution in [3.05, 3.63) is 60.8 Å². The van der Waals surface area contributed by atoms with E-state index in [1.54, 1.807) is 10.7 Å². The van der Waals surface area contributed by atoms with Crippen LogP contribution in [0.3, 0.4) is 0 Å². The van der Waals surface area contributed by atoms with Gasteiger partial charge in [-0.1, -0.05) is 18.2 Å². The number of benzene rings is 1. The van der Waals surface area contributed by atoms with Gasteiger partial charge in [-0.3, -0.25) is 4.98 Å². The Morgan fingerprint density at radius 2 is 1.78 bits per heavy atom. The van der Waals surface area contributed by atoms with Crippen molar-refractivity contribution in [1.29, 1.82) is 0 Å². The number of aromatic nitrogens is 4. The molecule has 4 rings (SSSR count). The van der Waals surface area contributed by atoms with Crippen molar-refractivity contribution in [3.8, 4) is 22.6 Å². The first-order valence-corrected chi connectivity index (χ1v) is 7.14. The number of hydrogen-bond acceptors (Lipinski definition) is 5. The molecule has 0 aliphatic heterocycles. The SMILES string of the molecule is Nc1cccc(-c2cc(N)n3nc(-c4ccccn4)nc3c2)c1. The minimum Gasteiger partial charge on any atom is -0.399 e. The Bertz CT molecular complexity index is 991. The molecule has 6 heteroatoms. The van der Waals surface area contributed by atoms with Gasteiger partial charge in [-0.2, -0.15) is 4.52 Å². The second kappa shape index (κ2) is 5.10. The number of rotatable bonds is 2. The maximum Gasteiger partial charge on any atom is 0.200 e. The number of fused-ring (bicyclic) bond motifs is 1. The maximum atomic E-state index is 6.13. The van der Waals surface area contributed by atoms with Crippen molar-refractivity contribution in [2.45, 2.75) is 0 Å². The van der Waals surface area contributed by atoms with Gasteiger partial charge in [0, 0.05) is 11.9 Å². The molecule has 23 heavy (non-hydrogen) atoms. The monoisotopic (exact) mass is 302 g/mol. The quantitative estimate of drug-likeness (QED) is 0.555. The highest BCUT2D eigenvalue weighted by molar-refractivity contribution is 5.73. The zero-order valence-electron chi connectivity index (χ0n) is 12.2. The minimum atomic E-state index is 0.509. The highest BCUT2D eigenvalue weighted by atomic mass is 15.3. The molecule has 0 fully saturated rings. The Kier molecular flexibility index (Phi) is 2.94. The van der Waals surface area contributed by atoms with Crippen molar-refractivity contribution in [3.63, 3.8) is 0 Å². The molecule has 0 saturated heterocycles. The van der Waals surface area contributed by atoms with Gasteiger partial charge < -0.3 is 11.5 Å².